The number of rotatable bonds is 16. The number of unbranched alkanes of at least 4 members (excludes halogenated alkanes) is 1. The standard InChI is InChI=1S/C50H40O13S2/c51-34-25-31(26-35(52)29-34)14-13-30-15-19-36(20-16-30)60-49(58)40-9-3-5-11-44(40)62-48(57)38-21-17-33(28-42(38)53)32-18-22-45(41(27-32)47(55)56)63-50(59)39-8-2-4-10-43(39)61-46(54)12-6-1-7-37-23-24-64-65-37/h2-5,8-11,13-22,25-29,37,51-53H,1,6-7,12,23-24H2,(H,55,56)/b14-13+/t37-/m0/s1. The molecule has 0 aliphatic carbocycles. The molecule has 1 fully saturated rings. The van der Waals surface area contributed by atoms with Crippen LogP contribution in [0.3, 0.4) is 0 Å². The molecule has 1 saturated heterocycles. The summed E-state index contributed by atoms with van der Waals surface area (Å²) in [6.07, 6.45) is 7.32. The van der Waals surface area contributed by atoms with E-state index >= 15 is 0 Å². The van der Waals surface area contributed by atoms with Gasteiger partial charge >= 0.3 is 29.8 Å². The number of phenolic OH excluding ortho intramolecular Hbond substituents is 3. The molecule has 330 valence electrons. The van der Waals surface area contributed by atoms with Gasteiger partial charge in [-0.3, -0.25) is 4.79 Å². The van der Waals surface area contributed by atoms with Gasteiger partial charge in [0, 0.05) is 23.5 Å². The number of para-hydroxylation sites is 2. The number of carbonyl (C=O) groups excluding carboxylic acids is 4. The fourth-order valence-corrected chi connectivity index (χ4v) is 9.73. The van der Waals surface area contributed by atoms with E-state index in [9.17, 15) is 44.4 Å². The molecule has 65 heavy (non-hydrogen) atoms. The highest BCUT2D eigenvalue weighted by Crippen LogP contribution is 2.40. The van der Waals surface area contributed by atoms with Crippen LogP contribution < -0.4 is 18.9 Å². The molecule has 0 saturated carbocycles. The lowest BCUT2D eigenvalue weighted by Crippen LogP contribution is -2.15. The number of phenols is 3. The second-order valence-electron chi connectivity index (χ2n) is 14.6. The normalized spacial score (nSPS) is 13.3. The van der Waals surface area contributed by atoms with Gasteiger partial charge in [0.25, 0.3) is 0 Å². The molecule has 0 radical (unpaired) electrons. The number of carboxylic acids is 1. The topological polar surface area (TPSA) is 203 Å². The summed E-state index contributed by atoms with van der Waals surface area (Å²) < 4.78 is 22.1. The van der Waals surface area contributed by atoms with Crippen LogP contribution in [0.15, 0.2) is 127 Å². The van der Waals surface area contributed by atoms with Crippen LogP contribution in [0.4, 0.5) is 0 Å². The highest BCUT2D eigenvalue weighted by molar-refractivity contribution is 8.77. The van der Waals surface area contributed by atoms with Gasteiger partial charge < -0.3 is 39.4 Å². The number of aromatic carboxylic acids is 1. The van der Waals surface area contributed by atoms with Gasteiger partial charge in [0.15, 0.2) is 0 Å². The van der Waals surface area contributed by atoms with E-state index in [-0.39, 0.29) is 63.2 Å². The molecule has 0 spiro atoms. The van der Waals surface area contributed by atoms with Crippen molar-refractivity contribution in [3.63, 3.8) is 0 Å². The van der Waals surface area contributed by atoms with Crippen LogP contribution >= 0.6 is 21.6 Å². The van der Waals surface area contributed by atoms with Gasteiger partial charge in [-0.2, -0.15) is 0 Å². The molecular formula is C50H40O13S2. The largest absolute Gasteiger partial charge is 0.508 e. The van der Waals surface area contributed by atoms with Crippen LogP contribution in [0.5, 0.6) is 40.2 Å². The number of ether oxygens (including phenoxy) is 4. The van der Waals surface area contributed by atoms with Gasteiger partial charge in [-0.05, 0) is 114 Å². The number of hydrogen-bond donors (Lipinski definition) is 4. The van der Waals surface area contributed by atoms with Crippen molar-refractivity contribution < 1.29 is 63.3 Å². The van der Waals surface area contributed by atoms with Gasteiger partial charge in [0.05, 0.1) is 0 Å². The summed E-state index contributed by atoms with van der Waals surface area (Å²) in [5.74, 6) is -4.44. The zero-order valence-electron chi connectivity index (χ0n) is 34.4. The fraction of sp³-hybridized carbons (Fsp3) is 0.140. The Labute approximate surface area is 380 Å². The number of carboxylic acid groups (broad SMARTS) is 1. The molecular weight excluding hydrogens is 873 g/mol. The molecule has 1 aliphatic rings. The predicted octanol–water partition coefficient (Wildman–Crippen LogP) is 10.6. The molecule has 0 bridgehead atoms. The minimum atomic E-state index is -1.41. The van der Waals surface area contributed by atoms with Crippen LogP contribution in [0.2, 0.25) is 0 Å². The van der Waals surface area contributed by atoms with Gasteiger partial charge in [0.1, 0.15) is 62.5 Å². The van der Waals surface area contributed by atoms with E-state index in [4.69, 9.17) is 18.9 Å². The number of benzene rings is 6. The maximum atomic E-state index is 13.3. The third kappa shape index (κ3) is 12.2. The second-order valence-corrected chi connectivity index (χ2v) is 17.4. The van der Waals surface area contributed by atoms with Crippen LogP contribution in [0.1, 0.15) is 84.7 Å². The highest BCUT2D eigenvalue weighted by atomic mass is 33.1. The number of aromatic hydroxyl groups is 3. The molecule has 0 unspecified atom stereocenters. The minimum absolute atomic E-state index is 0.0144. The number of carbonyl (C=O) groups is 5. The van der Waals surface area contributed by atoms with Crippen molar-refractivity contribution in [3.05, 3.63) is 161 Å². The number of hydrogen-bond acceptors (Lipinski definition) is 14. The molecule has 4 N–H and O–H groups in total. The van der Waals surface area contributed by atoms with E-state index in [1.165, 1.54) is 78.9 Å². The molecule has 0 amide bonds. The zero-order chi connectivity index (χ0) is 45.9. The molecule has 1 heterocycles. The van der Waals surface area contributed by atoms with Crippen LogP contribution in [0, 0.1) is 0 Å². The lowest BCUT2D eigenvalue weighted by Gasteiger charge is -2.13. The first kappa shape index (κ1) is 45.5. The predicted molar refractivity (Wildman–Crippen MR) is 246 cm³/mol. The third-order valence-corrected chi connectivity index (χ3v) is 13.0. The molecule has 1 aliphatic heterocycles. The van der Waals surface area contributed by atoms with Crippen molar-refractivity contribution in [3.8, 4) is 51.4 Å². The fourth-order valence-electron chi connectivity index (χ4n) is 6.70. The molecule has 13 nitrogen and oxygen atoms in total. The van der Waals surface area contributed by atoms with Crippen LogP contribution in [-0.2, 0) is 4.79 Å². The Bertz CT molecular complexity index is 2760. The first-order valence-corrected chi connectivity index (χ1v) is 22.6. The molecule has 15 heteroatoms. The second kappa shape index (κ2) is 21.3. The minimum Gasteiger partial charge on any atom is -0.508 e. The Morgan fingerprint density at radius 3 is 1.80 bits per heavy atom. The summed E-state index contributed by atoms with van der Waals surface area (Å²) in [5.41, 5.74) is 1.13. The summed E-state index contributed by atoms with van der Waals surface area (Å²) >= 11 is 0. The number of esters is 4. The van der Waals surface area contributed by atoms with Gasteiger partial charge in [-0.1, -0.05) is 88.7 Å². The smallest absolute Gasteiger partial charge is 0.347 e. The summed E-state index contributed by atoms with van der Waals surface area (Å²) in [6.45, 7) is 0. The third-order valence-electron chi connectivity index (χ3n) is 9.97. The van der Waals surface area contributed by atoms with E-state index in [1.54, 1.807) is 60.7 Å². The molecule has 7 rings (SSSR count). The van der Waals surface area contributed by atoms with Crippen molar-refractivity contribution in [2.24, 2.45) is 0 Å². The lowest BCUT2D eigenvalue weighted by atomic mass is 10.0. The van der Waals surface area contributed by atoms with Crippen LogP contribution in [0.25, 0.3) is 23.3 Å². The summed E-state index contributed by atoms with van der Waals surface area (Å²) in [5, 5.41) is 41.0. The van der Waals surface area contributed by atoms with E-state index < -0.39 is 35.6 Å². The molecule has 0 aromatic heterocycles. The van der Waals surface area contributed by atoms with Crippen molar-refractivity contribution >= 4 is 63.6 Å². The molecule has 6 aromatic carbocycles. The summed E-state index contributed by atoms with van der Waals surface area (Å²) in [6, 6.07) is 30.5. The SMILES string of the molecule is O=C(CCCC[C@H]1CCSS1)Oc1ccccc1C(=O)Oc1ccc(-c2ccc(C(=O)Oc3ccccc3C(=O)Oc3ccc(/C=C/c4cc(O)cc(O)c4)cc3)c(O)c2)cc1C(=O)O. The van der Waals surface area contributed by atoms with E-state index in [0.717, 1.165) is 30.6 Å². The van der Waals surface area contributed by atoms with Gasteiger partial charge in [0.2, 0.25) is 0 Å². The van der Waals surface area contributed by atoms with E-state index in [1.807, 2.05) is 21.6 Å². The van der Waals surface area contributed by atoms with Crippen LogP contribution in [-0.4, -0.2) is 61.3 Å². The average molecular weight is 913 g/mol. The van der Waals surface area contributed by atoms with Crippen molar-refractivity contribution in [2.75, 3.05) is 5.75 Å². The molecule has 6 aromatic rings. The Kier molecular flexibility index (Phi) is 14.9. The van der Waals surface area contributed by atoms with Gasteiger partial charge in [-0.15, -0.1) is 0 Å². The van der Waals surface area contributed by atoms with E-state index in [0.29, 0.717) is 28.4 Å². The zero-order valence-corrected chi connectivity index (χ0v) is 36.0. The first-order chi connectivity index (χ1) is 31.4. The highest BCUT2D eigenvalue weighted by Gasteiger charge is 2.24. The lowest BCUT2D eigenvalue weighted by molar-refractivity contribution is -0.134. The quantitative estimate of drug-likeness (QED) is 0.0234. The maximum absolute atomic E-state index is 13.3. The van der Waals surface area contributed by atoms with E-state index in [2.05, 4.69) is 0 Å². The Balaban J connectivity index is 0.977. The van der Waals surface area contributed by atoms with Crippen molar-refractivity contribution in [1.29, 1.82) is 0 Å². The summed E-state index contributed by atoms with van der Waals surface area (Å²) in [7, 11) is 3.75. The van der Waals surface area contributed by atoms with Crippen molar-refractivity contribution in [2.45, 2.75) is 37.4 Å². The summed E-state index contributed by atoms with van der Waals surface area (Å²) in [4.78, 5) is 64.9. The maximum Gasteiger partial charge on any atom is 0.347 e. The first-order valence-electron chi connectivity index (χ1n) is 20.3. The Morgan fingerprint density at radius 1 is 0.569 bits per heavy atom. The Hall–Kier alpha value is -7.49. The Morgan fingerprint density at radius 2 is 1.15 bits per heavy atom. The van der Waals surface area contributed by atoms with Crippen molar-refractivity contribution in [1.82, 2.24) is 0 Å². The molecule has 1 atom stereocenters. The van der Waals surface area contributed by atoms with Gasteiger partial charge in [-0.25, -0.2) is 19.2 Å². The average Bonchev–Trinajstić information content (AvgIpc) is 3.81. The monoisotopic (exact) mass is 912 g/mol.